The van der Waals surface area contributed by atoms with Crippen molar-refractivity contribution >= 4 is 35.6 Å². The molecule has 0 spiro atoms. The number of halogens is 1. The number of benzene rings is 1. The number of rotatable bonds is 5. The monoisotopic (exact) mass is 340 g/mol. The van der Waals surface area contributed by atoms with Crippen LogP contribution >= 0.6 is 12.4 Å². The number of hydrogen-bond acceptors (Lipinski definition) is 4. The van der Waals surface area contributed by atoms with E-state index in [-0.39, 0.29) is 24.2 Å². The van der Waals surface area contributed by atoms with Crippen LogP contribution in [0.4, 0.5) is 11.4 Å². The van der Waals surface area contributed by atoms with Gasteiger partial charge in [0, 0.05) is 31.2 Å². The largest absolute Gasteiger partial charge is 0.371 e. The molecule has 1 aliphatic heterocycles. The van der Waals surface area contributed by atoms with Crippen LogP contribution in [0.5, 0.6) is 0 Å². The molecule has 1 heterocycles. The van der Waals surface area contributed by atoms with Gasteiger partial charge in [-0.3, -0.25) is 9.59 Å². The first-order valence-electron chi connectivity index (χ1n) is 7.72. The molecule has 1 aromatic rings. The number of carbonyl (C=O) groups is 2. The first-order valence-corrected chi connectivity index (χ1v) is 7.72. The van der Waals surface area contributed by atoms with Crippen molar-refractivity contribution in [3.8, 4) is 0 Å². The zero-order valence-corrected chi connectivity index (χ0v) is 14.2. The van der Waals surface area contributed by atoms with E-state index >= 15 is 0 Å². The molecule has 1 atom stereocenters. The fourth-order valence-electron chi connectivity index (χ4n) is 2.59. The van der Waals surface area contributed by atoms with Gasteiger partial charge >= 0.3 is 0 Å². The second-order valence-corrected chi connectivity index (χ2v) is 5.77. The standard InChI is InChI=1S/C16H24N4O2.ClH/c1-11(10-17)16(22)19-12-5-6-13(15(18)21)14(9-12)20-7-3-2-4-8-20;/h5-6,9,11H,2-4,7-8,10,17H2,1H3,(H2,18,21)(H,19,22);1H. The van der Waals surface area contributed by atoms with Crippen molar-refractivity contribution in [1.29, 1.82) is 0 Å². The Labute approximate surface area is 143 Å². The molecule has 0 bridgehead atoms. The molecule has 2 amide bonds. The lowest BCUT2D eigenvalue weighted by Crippen LogP contribution is -2.32. The van der Waals surface area contributed by atoms with E-state index in [2.05, 4.69) is 10.2 Å². The smallest absolute Gasteiger partial charge is 0.250 e. The van der Waals surface area contributed by atoms with Crippen LogP contribution in [-0.4, -0.2) is 31.4 Å². The van der Waals surface area contributed by atoms with Gasteiger partial charge in [-0.15, -0.1) is 12.4 Å². The summed E-state index contributed by atoms with van der Waals surface area (Å²) in [6.45, 7) is 3.87. The van der Waals surface area contributed by atoms with Crippen molar-refractivity contribution in [3.05, 3.63) is 23.8 Å². The Balaban J connectivity index is 0.00000264. The van der Waals surface area contributed by atoms with E-state index in [0.717, 1.165) is 31.6 Å². The summed E-state index contributed by atoms with van der Waals surface area (Å²) in [5, 5.41) is 2.84. The number of primary amides is 1. The summed E-state index contributed by atoms with van der Waals surface area (Å²) in [7, 11) is 0. The zero-order chi connectivity index (χ0) is 16.1. The SMILES string of the molecule is CC(CN)C(=O)Nc1ccc(C(N)=O)c(N2CCCCC2)c1.Cl. The van der Waals surface area contributed by atoms with Crippen LogP contribution in [0.2, 0.25) is 0 Å². The number of nitrogens with one attached hydrogen (secondary N) is 1. The molecule has 0 radical (unpaired) electrons. The second kappa shape index (κ2) is 8.74. The molecule has 7 heteroatoms. The van der Waals surface area contributed by atoms with Crippen LogP contribution in [-0.2, 0) is 4.79 Å². The normalized spacial score (nSPS) is 15.5. The van der Waals surface area contributed by atoms with Crippen molar-refractivity contribution in [2.75, 3.05) is 29.9 Å². The number of anilines is 2. The molecule has 0 aromatic heterocycles. The maximum absolute atomic E-state index is 12.0. The molecule has 1 unspecified atom stereocenters. The highest BCUT2D eigenvalue weighted by atomic mass is 35.5. The minimum Gasteiger partial charge on any atom is -0.371 e. The molecule has 1 aromatic carbocycles. The van der Waals surface area contributed by atoms with Crippen molar-refractivity contribution in [2.45, 2.75) is 26.2 Å². The Morgan fingerprint density at radius 1 is 1.26 bits per heavy atom. The average molecular weight is 341 g/mol. The van der Waals surface area contributed by atoms with Crippen LogP contribution < -0.4 is 21.7 Å². The van der Waals surface area contributed by atoms with Gasteiger partial charge in [-0.25, -0.2) is 0 Å². The molecule has 23 heavy (non-hydrogen) atoms. The Morgan fingerprint density at radius 2 is 1.91 bits per heavy atom. The van der Waals surface area contributed by atoms with Crippen LogP contribution in [0.3, 0.4) is 0 Å². The first kappa shape index (κ1) is 19.3. The summed E-state index contributed by atoms with van der Waals surface area (Å²) in [5.41, 5.74) is 12.9. The number of amides is 2. The highest BCUT2D eigenvalue weighted by Gasteiger charge is 2.19. The van der Waals surface area contributed by atoms with E-state index in [1.54, 1.807) is 19.1 Å². The maximum atomic E-state index is 12.0. The lowest BCUT2D eigenvalue weighted by molar-refractivity contribution is -0.119. The maximum Gasteiger partial charge on any atom is 0.250 e. The third-order valence-corrected chi connectivity index (χ3v) is 4.03. The van der Waals surface area contributed by atoms with Gasteiger partial charge in [-0.1, -0.05) is 6.92 Å². The molecule has 1 fully saturated rings. The summed E-state index contributed by atoms with van der Waals surface area (Å²) >= 11 is 0. The number of piperidine rings is 1. The summed E-state index contributed by atoms with van der Waals surface area (Å²) in [6, 6.07) is 5.20. The van der Waals surface area contributed by atoms with Crippen molar-refractivity contribution in [3.63, 3.8) is 0 Å². The first-order chi connectivity index (χ1) is 10.5. The van der Waals surface area contributed by atoms with Crippen molar-refractivity contribution in [1.82, 2.24) is 0 Å². The second-order valence-electron chi connectivity index (χ2n) is 5.77. The highest BCUT2D eigenvalue weighted by molar-refractivity contribution is 6.00. The van der Waals surface area contributed by atoms with E-state index in [4.69, 9.17) is 11.5 Å². The molecule has 1 aliphatic rings. The van der Waals surface area contributed by atoms with Gasteiger partial charge in [0.2, 0.25) is 5.91 Å². The molecule has 0 saturated carbocycles. The van der Waals surface area contributed by atoms with E-state index in [1.807, 2.05) is 6.07 Å². The van der Waals surface area contributed by atoms with Gasteiger partial charge in [-0.05, 0) is 37.5 Å². The van der Waals surface area contributed by atoms with E-state index < -0.39 is 5.91 Å². The van der Waals surface area contributed by atoms with Gasteiger partial charge in [0.1, 0.15) is 0 Å². The topological polar surface area (TPSA) is 101 Å². The van der Waals surface area contributed by atoms with Gasteiger partial charge in [0.25, 0.3) is 5.91 Å². The van der Waals surface area contributed by atoms with Crippen LogP contribution in [0.15, 0.2) is 18.2 Å². The van der Waals surface area contributed by atoms with E-state index in [9.17, 15) is 9.59 Å². The molecule has 1 saturated heterocycles. The van der Waals surface area contributed by atoms with Crippen LogP contribution in [0.1, 0.15) is 36.5 Å². The Morgan fingerprint density at radius 3 is 2.48 bits per heavy atom. The third-order valence-electron chi connectivity index (χ3n) is 4.03. The fourth-order valence-corrected chi connectivity index (χ4v) is 2.59. The van der Waals surface area contributed by atoms with Gasteiger partial charge in [-0.2, -0.15) is 0 Å². The quantitative estimate of drug-likeness (QED) is 0.759. The summed E-state index contributed by atoms with van der Waals surface area (Å²) < 4.78 is 0. The van der Waals surface area contributed by atoms with Gasteiger partial charge in [0.15, 0.2) is 0 Å². The van der Waals surface area contributed by atoms with Crippen molar-refractivity contribution in [2.24, 2.45) is 17.4 Å². The summed E-state index contributed by atoms with van der Waals surface area (Å²) in [4.78, 5) is 25.8. The van der Waals surface area contributed by atoms with Gasteiger partial charge < -0.3 is 21.7 Å². The molecular weight excluding hydrogens is 316 g/mol. The highest BCUT2D eigenvalue weighted by Crippen LogP contribution is 2.27. The number of nitrogens with two attached hydrogens (primary N) is 2. The van der Waals surface area contributed by atoms with Crippen LogP contribution in [0.25, 0.3) is 0 Å². The molecule has 5 N–H and O–H groups in total. The van der Waals surface area contributed by atoms with Gasteiger partial charge in [0.05, 0.1) is 11.3 Å². The van der Waals surface area contributed by atoms with Crippen molar-refractivity contribution < 1.29 is 9.59 Å². The predicted molar refractivity (Wildman–Crippen MR) is 95.1 cm³/mol. The Bertz CT molecular complexity index is 559. The molecule has 128 valence electrons. The summed E-state index contributed by atoms with van der Waals surface area (Å²) in [6.07, 6.45) is 3.39. The van der Waals surface area contributed by atoms with E-state index in [0.29, 0.717) is 17.8 Å². The number of nitrogens with zero attached hydrogens (tertiary/aromatic N) is 1. The lowest BCUT2D eigenvalue weighted by Gasteiger charge is -2.30. The Hall–Kier alpha value is -1.79. The minimum atomic E-state index is -0.450. The number of carbonyl (C=O) groups excluding carboxylic acids is 2. The zero-order valence-electron chi connectivity index (χ0n) is 13.4. The molecular formula is C16H25ClN4O2. The van der Waals surface area contributed by atoms with E-state index in [1.165, 1.54) is 6.42 Å². The fraction of sp³-hybridized carbons (Fsp3) is 0.500. The summed E-state index contributed by atoms with van der Waals surface area (Å²) in [5.74, 6) is -0.832. The number of hydrogen-bond donors (Lipinski definition) is 3. The molecule has 0 aliphatic carbocycles. The molecule has 2 rings (SSSR count). The Kier molecular flexibility index (Phi) is 7.32. The van der Waals surface area contributed by atoms with Crippen LogP contribution in [0, 0.1) is 5.92 Å². The average Bonchev–Trinajstić information content (AvgIpc) is 2.54. The third kappa shape index (κ3) is 4.84. The minimum absolute atomic E-state index is 0. The molecule has 6 nitrogen and oxygen atoms in total. The predicted octanol–water partition coefficient (Wildman–Crippen LogP) is 1.73. The lowest BCUT2D eigenvalue weighted by atomic mass is 10.1.